The molecule has 0 bridgehead atoms. The van der Waals surface area contributed by atoms with Crippen LogP contribution in [0.4, 0.5) is 0 Å². The van der Waals surface area contributed by atoms with E-state index < -0.39 is 0 Å². The summed E-state index contributed by atoms with van der Waals surface area (Å²) in [5.74, 6) is 1.34. The maximum absolute atomic E-state index is 11.8. The number of esters is 1. The Labute approximate surface area is 170 Å². The van der Waals surface area contributed by atoms with Crippen LogP contribution >= 0.6 is 0 Å². The number of allylic oxidation sites excluding steroid dienone is 1. The van der Waals surface area contributed by atoms with Crippen molar-refractivity contribution in [2.45, 2.75) is 6.42 Å². The van der Waals surface area contributed by atoms with Crippen LogP contribution in [0.5, 0.6) is 11.5 Å². The number of ether oxygens (including phenoxy) is 3. The van der Waals surface area contributed by atoms with Gasteiger partial charge in [0.25, 0.3) is 0 Å². The molecule has 29 heavy (non-hydrogen) atoms. The number of benzene rings is 3. The van der Waals surface area contributed by atoms with Crippen LogP contribution in [0, 0.1) is 0 Å². The van der Waals surface area contributed by atoms with Gasteiger partial charge in [-0.1, -0.05) is 30.3 Å². The zero-order chi connectivity index (χ0) is 20.4. The summed E-state index contributed by atoms with van der Waals surface area (Å²) in [6.07, 6.45) is 0.812. The molecule has 0 aromatic heterocycles. The number of hydrogen-bond acceptors (Lipinski definition) is 4. The summed E-state index contributed by atoms with van der Waals surface area (Å²) in [5, 5.41) is 0. The summed E-state index contributed by atoms with van der Waals surface area (Å²) in [5.41, 5.74) is 7.56. The molecule has 0 fully saturated rings. The number of rotatable bonds is 5. The molecule has 146 valence electrons. The predicted molar refractivity (Wildman–Crippen MR) is 113 cm³/mol. The molecule has 0 amide bonds. The van der Waals surface area contributed by atoms with Crippen molar-refractivity contribution in [3.63, 3.8) is 0 Å². The van der Waals surface area contributed by atoms with Crippen molar-refractivity contribution in [1.29, 1.82) is 0 Å². The van der Waals surface area contributed by atoms with Gasteiger partial charge in [-0.05, 0) is 76.2 Å². The average molecular weight is 386 g/mol. The van der Waals surface area contributed by atoms with Crippen LogP contribution in [0.3, 0.4) is 0 Å². The molecule has 4 nitrogen and oxygen atoms in total. The third kappa shape index (κ3) is 3.49. The van der Waals surface area contributed by atoms with E-state index >= 15 is 0 Å². The lowest BCUT2D eigenvalue weighted by molar-refractivity contribution is 0.0600. The Morgan fingerprint density at radius 2 is 1.38 bits per heavy atom. The maximum Gasteiger partial charge on any atom is 0.337 e. The van der Waals surface area contributed by atoms with E-state index in [9.17, 15) is 4.79 Å². The molecule has 0 heterocycles. The molecule has 0 aliphatic heterocycles. The summed E-state index contributed by atoms with van der Waals surface area (Å²) in [6.45, 7) is 0. The van der Waals surface area contributed by atoms with Crippen LogP contribution in [-0.4, -0.2) is 27.3 Å². The van der Waals surface area contributed by atoms with Crippen molar-refractivity contribution in [2.24, 2.45) is 0 Å². The zero-order valence-corrected chi connectivity index (χ0v) is 16.7. The van der Waals surface area contributed by atoms with E-state index in [1.54, 1.807) is 26.4 Å². The summed E-state index contributed by atoms with van der Waals surface area (Å²) >= 11 is 0. The molecule has 0 saturated carbocycles. The Kier molecular flexibility index (Phi) is 5.09. The fraction of sp³-hybridized carbons (Fsp3) is 0.160. The third-order valence-corrected chi connectivity index (χ3v) is 5.28. The van der Waals surface area contributed by atoms with Crippen LogP contribution < -0.4 is 9.47 Å². The molecule has 1 aliphatic carbocycles. The molecule has 0 spiro atoms. The highest BCUT2D eigenvalue weighted by atomic mass is 16.5. The summed E-state index contributed by atoms with van der Waals surface area (Å²) < 4.78 is 15.5. The Hall–Kier alpha value is -3.53. The first kappa shape index (κ1) is 18.8. The van der Waals surface area contributed by atoms with E-state index in [2.05, 4.69) is 24.3 Å². The van der Waals surface area contributed by atoms with Crippen molar-refractivity contribution >= 4 is 17.1 Å². The van der Waals surface area contributed by atoms with Gasteiger partial charge < -0.3 is 14.2 Å². The Morgan fingerprint density at radius 3 is 2.00 bits per heavy atom. The fourth-order valence-corrected chi connectivity index (χ4v) is 3.79. The highest BCUT2D eigenvalue weighted by molar-refractivity contribution is 6.04. The Morgan fingerprint density at radius 1 is 0.759 bits per heavy atom. The second-order valence-electron chi connectivity index (χ2n) is 6.85. The molecular weight excluding hydrogens is 364 g/mol. The smallest absolute Gasteiger partial charge is 0.337 e. The van der Waals surface area contributed by atoms with Gasteiger partial charge in [0.1, 0.15) is 11.5 Å². The monoisotopic (exact) mass is 386 g/mol. The molecule has 0 saturated heterocycles. The lowest BCUT2D eigenvalue weighted by Gasteiger charge is -2.11. The van der Waals surface area contributed by atoms with Gasteiger partial charge in [0.15, 0.2) is 0 Å². The first-order valence-electron chi connectivity index (χ1n) is 9.38. The number of hydrogen-bond donors (Lipinski definition) is 0. The first-order chi connectivity index (χ1) is 14.1. The average Bonchev–Trinajstić information content (AvgIpc) is 3.17. The summed E-state index contributed by atoms with van der Waals surface area (Å²) in [7, 11) is 4.74. The molecule has 3 aromatic rings. The molecule has 1 aliphatic rings. The van der Waals surface area contributed by atoms with Crippen LogP contribution in [0.25, 0.3) is 11.1 Å². The zero-order valence-electron chi connectivity index (χ0n) is 16.7. The van der Waals surface area contributed by atoms with Gasteiger partial charge in [0.2, 0.25) is 0 Å². The molecule has 0 unspecified atom stereocenters. The van der Waals surface area contributed by atoms with Gasteiger partial charge in [-0.25, -0.2) is 4.79 Å². The summed E-state index contributed by atoms with van der Waals surface area (Å²) in [4.78, 5) is 11.8. The van der Waals surface area contributed by atoms with Crippen molar-refractivity contribution < 1.29 is 19.0 Å². The van der Waals surface area contributed by atoms with E-state index in [-0.39, 0.29) is 5.97 Å². The standard InChI is InChI=1S/C25H22O4/c1-27-20-10-8-16(9-11-20)23-15-19-14-21(28-2)12-13-22(19)24(23)17-4-6-18(7-5-17)25(26)29-3/h4-14H,15H2,1-3H3. The number of carbonyl (C=O) groups excluding carboxylic acids is 1. The molecule has 0 atom stereocenters. The van der Waals surface area contributed by atoms with E-state index in [1.165, 1.54) is 29.4 Å². The second-order valence-corrected chi connectivity index (χ2v) is 6.85. The topological polar surface area (TPSA) is 44.8 Å². The minimum atomic E-state index is -0.336. The minimum absolute atomic E-state index is 0.336. The van der Waals surface area contributed by atoms with E-state index in [4.69, 9.17) is 14.2 Å². The maximum atomic E-state index is 11.8. The van der Waals surface area contributed by atoms with Crippen molar-refractivity contribution in [1.82, 2.24) is 0 Å². The molecule has 0 N–H and O–H groups in total. The minimum Gasteiger partial charge on any atom is -0.497 e. The molecule has 4 rings (SSSR count). The second kappa shape index (κ2) is 7.84. The highest BCUT2D eigenvalue weighted by Gasteiger charge is 2.24. The van der Waals surface area contributed by atoms with E-state index in [1.807, 2.05) is 30.3 Å². The molecular formula is C25H22O4. The van der Waals surface area contributed by atoms with Gasteiger partial charge in [-0.15, -0.1) is 0 Å². The lowest BCUT2D eigenvalue weighted by atomic mass is 9.94. The van der Waals surface area contributed by atoms with Gasteiger partial charge in [-0.3, -0.25) is 0 Å². The van der Waals surface area contributed by atoms with Crippen LogP contribution in [-0.2, 0) is 11.2 Å². The fourth-order valence-electron chi connectivity index (χ4n) is 3.79. The summed E-state index contributed by atoms with van der Waals surface area (Å²) in [6, 6.07) is 21.9. The van der Waals surface area contributed by atoms with Crippen molar-refractivity contribution in [2.75, 3.05) is 21.3 Å². The van der Waals surface area contributed by atoms with Crippen LogP contribution in [0.1, 0.15) is 32.6 Å². The number of methoxy groups -OCH3 is 3. The van der Waals surface area contributed by atoms with E-state index in [0.717, 1.165) is 29.0 Å². The number of fused-ring (bicyclic) bond motifs is 1. The third-order valence-electron chi connectivity index (χ3n) is 5.28. The predicted octanol–water partition coefficient (Wildman–Crippen LogP) is 5.01. The largest absolute Gasteiger partial charge is 0.497 e. The van der Waals surface area contributed by atoms with Crippen molar-refractivity contribution in [3.05, 3.63) is 94.5 Å². The normalized spacial score (nSPS) is 12.5. The Bertz CT molecular complexity index is 1080. The van der Waals surface area contributed by atoms with Crippen LogP contribution in [0.2, 0.25) is 0 Å². The molecule has 3 aromatic carbocycles. The van der Waals surface area contributed by atoms with Gasteiger partial charge >= 0.3 is 5.97 Å². The van der Waals surface area contributed by atoms with Gasteiger partial charge in [0, 0.05) is 0 Å². The quantitative estimate of drug-likeness (QED) is 0.579. The van der Waals surface area contributed by atoms with Crippen molar-refractivity contribution in [3.8, 4) is 11.5 Å². The molecule has 4 heteroatoms. The SMILES string of the molecule is COC(=O)c1ccc(C2=C(c3ccc(OC)cc3)Cc3cc(OC)ccc32)cc1. The first-order valence-corrected chi connectivity index (χ1v) is 9.38. The Balaban J connectivity index is 1.84. The van der Waals surface area contributed by atoms with Gasteiger partial charge in [0.05, 0.1) is 26.9 Å². The highest BCUT2D eigenvalue weighted by Crippen LogP contribution is 2.43. The number of carbonyl (C=O) groups is 1. The van der Waals surface area contributed by atoms with Gasteiger partial charge in [-0.2, -0.15) is 0 Å². The van der Waals surface area contributed by atoms with E-state index in [0.29, 0.717) is 5.56 Å². The molecule has 0 radical (unpaired) electrons. The van der Waals surface area contributed by atoms with Crippen LogP contribution in [0.15, 0.2) is 66.7 Å². The lowest BCUT2D eigenvalue weighted by Crippen LogP contribution is -2.01.